The zero-order valence-electron chi connectivity index (χ0n) is 12.7. The summed E-state index contributed by atoms with van der Waals surface area (Å²) in [5.74, 6) is 0.180. The van der Waals surface area contributed by atoms with Gasteiger partial charge in [-0.25, -0.2) is 0 Å². The molecule has 1 amide bonds. The first-order valence-corrected chi connectivity index (χ1v) is 7.64. The van der Waals surface area contributed by atoms with E-state index in [9.17, 15) is 4.79 Å². The Morgan fingerprint density at radius 1 is 1.32 bits per heavy atom. The summed E-state index contributed by atoms with van der Waals surface area (Å²) in [6, 6.07) is 10.2. The highest BCUT2D eigenvalue weighted by Gasteiger charge is 2.44. The van der Waals surface area contributed by atoms with Crippen LogP contribution >= 0.6 is 0 Å². The number of carbonyl (C=O) groups is 1. The Morgan fingerprint density at radius 2 is 2.18 bits per heavy atom. The van der Waals surface area contributed by atoms with Crippen LogP contribution in [0.25, 0.3) is 10.9 Å². The van der Waals surface area contributed by atoms with Crippen LogP contribution in [0.15, 0.2) is 36.5 Å². The van der Waals surface area contributed by atoms with Crippen molar-refractivity contribution in [3.8, 4) is 0 Å². The van der Waals surface area contributed by atoms with Crippen LogP contribution in [0.3, 0.4) is 0 Å². The van der Waals surface area contributed by atoms with E-state index < -0.39 is 0 Å². The van der Waals surface area contributed by atoms with Crippen molar-refractivity contribution in [2.24, 2.45) is 0 Å². The number of hydrogen-bond acceptors (Lipinski definition) is 2. The molecule has 1 aromatic heterocycles. The summed E-state index contributed by atoms with van der Waals surface area (Å²) >= 11 is 0. The third-order valence-electron chi connectivity index (χ3n) is 5.09. The van der Waals surface area contributed by atoms with E-state index in [0.29, 0.717) is 6.04 Å². The number of benzene rings is 1. The van der Waals surface area contributed by atoms with E-state index in [4.69, 9.17) is 0 Å². The Bertz CT molecular complexity index is 720. The number of carbonyl (C=O) groups excluding carboxylic acids is 1. The molecule has 1 aromatic carbocycles. The zero-order valence-corrected chi connectivity index (χ0v) is 14.9. The van der Waals surface area contributed by atoms with Crippen LogP contribution in [-0.2, 0) is 0 Å². The maximum atomic E-state index is 12.8. The van der Waals surface area contributed by atoms with Crippen molar-refractivity contribution in [3.63, 3.8) is 0 Å². The van der Waals surface area contributed by atoms with Crippen LogP contribution in [0.5, 0.6) is 0 Å². The van der Waals surface area contributed by atoms with Crippen molar-refractivity contribution >= 4 is 16.8 Å². The van der Waals surface area contributed by atoms with Gasteiger partial charge in [-0.05, 0) is 24.3 Å². The van der Waals surface area contributed by atoms with Crippen molar-refractivity contribution in [3.05, 3.63) is 42.1 Å². The lowest BCUT2D eigenvalue weighted by molar-refractivity contribution is -0.901. The first-order valence-electron chi connectivity index (χ1n) is 7.64. The number of rotatable bonds is 1. The number of hydrogen-bond donors (Lipinski definition) is 0. The van der Waals surface area contributed by atoms with E-state index in [0.717, 1.165) is 47.0 Å². The molecule has 2 fully saturated rings. The van der Waals surface area contributed by atoms with Gasteiger partial charge in [0.05, 0.1) is 44.8 Å². The van der Waals surface area contributed by atoms with Gasteiger partial charge < -0.3 is 33.4 Å². The molecule has 0 N–H and O–H groups in total. The Hall–Kier alpha value is -1.21. The number of fused-ring (bicyclic) bond motifs is 3. The molecule has 0 spiro atoms. The molecule has 0 aliphatic carbocycles. The van der Waals surface area contributed by atoms with E-state index in [1.165, 1.54) is 6.54 Å². The fraction of sp³-hybridized carbons (Fsp3) is 0.412. The van der Waals surface area contributed by atoms with Gasteiger partial charge in [0.2, 0.25) is 0 Å². The van der Waals surface area contributed by atoms with Gasteiger partial charge in [0.15, 0.2) is 0 Å². The molecule has 0 radical (unpaired) electrons. The van der Waals surface area contributed by atoms with Gasteiger partial charge in [-0.2, -0.15) is 0 Å². The molecule has 2 bridgehead atoms. The largest absolute Gasteiger partial charge is 1.00 e. The van der Waals surface area contributed by atoms with Crippen LogP contribution in [0.1, 0.15) is 16.8 Å². The van der Waals surface area contributed by atoms with E-state index in [-0.39, 0.29) is 29.9 Å². The normalized spacial score (nSPS) is 26.8. The quantitative estimate of drug-likeness (QED) is 0.444. The minimum absolute atomic E-state index is 0. The Kier molecular flexibility index (Phi) is 4.11. The lowest BCUT2D eigenvalue weighted by Gasteiger charge is -2.39. The summed E-state index contributed by atoms with van der Waals surface area (Å²) in [5.41, 5.74) is 1.73. The second-order valence-electron chi connectivity index (χ2n) is 6.60. The Labute approximate surface area is 147 Å². The average Bonchev–Trinajstić information content (AvgIpc) is 2.82. The second kappa shape index (κ2) is 5.77. The van der Waals surface area contributed by atoms with E-state index in [2.05, 4.69) is 16.9 Å². The summed E-state index contributed by atoms with van der Waals surface area (Å²) in [4.78, 5) is 19.2. The molecule has 0 saturated carbocycles. The van der Waals surface area contributed by atoms with Gasteiger partial charge in [0.25, 0.3) is 5.91 Å². The van der Waals surface area contributed by atoms with Crippen molar-refractivity contribution in [1.29, 1.82) is 0 Å². The molecule has 2 aromatic rings. The third kappa shape index (κ3) is 2.60. The minimum atomic E-state index is 0. The van der Waals surface area contributed by atoms with Gasteiger partial charge in [-0.3, -0.25) is 9.78 Å². The molecule has 3 heterocycles. The fourth-order valence-electron chi connectivity index (χ4n) is 3.78. The van der Waals surface area contributed by atoms with Crippen molar-refractivity contribution in [1.82, 2.24) is 9.88 Å². The van der Waals surface area contributed by atoms with Gasteiger partial charge >= 0.3 is 0 Å². The van der Waals surface area contributed by atoms with E-state index in [1.54, 1.807) is 6.20 Å². The maximum absolute atomic E-state index is 12.8. The molecular formula is C17H20IN3O. The smallest absolute Gasteiger partial charge is 0.254 e. The van der Waals surface area contributed by atoms with Gasteiger partial charge in [0, 0.05) is 23.6 Å². The van der Waals surface area contributed by atoms with Crippen LogP contribution in [0, 0.1) is 0 Å². The predicted molar refractivity (Wildman–Crippen MR) is 82.0 cm³/mol. The first kappa shape index (κ1) is 15.7. The fourth-order valence-corrected chi connectivity index (χ4v) is 3.78. The van der Waals surface area contributed by atoms with Gasteiger partial charge in [-0.1, -0.05) is 6.07 Å². The number of amides is 1. The third-order valence-corrected chi connectivity index (χ3v) is 5.09. The topological polar surface area (TPSA) is 33.2 Å². The number of nitrogens with zero attached hydrogens (tertiary/aromatic N) is 3. The molecule has 2 saturated heterocycles. The molecule has 4 rings (SSSR count). The zero-order chi connectivity index (χ0) is 14.4. The summed E-state index contributed by atoms with van der Waals surface area (Å²) < 4.78 is 1.14. The number of piperazine rings is 1. The standard InChI is InChI=1S/C17H20N3O.HI/c1-20-9-6-15(12-20)19(8-10-20)17(21)14-4-5-16-13(11-14)3-2-7-18-16;/h2-5,7,11,15H,6,8-10,12H2,1H3;1H/q+1;/p-1. The molecular weight excluding hydrogens is 389 g/mol. The molecule has 2 aliphatic rings. The summed E-state index contributed by atoms with van der Waals surface area (Å²) in [6.45, 7) is 4.28. The Balaban J connectivity index is 0.00000144. The monoisotopic (exact) mass is 409 g/mol. The molecule has 2 atom stereocenters. The number of likely N-dealkylation sites (N-methyl/N-ethyl adjacent to an activating group) is 1. The molecule has 2 aliphatic heterocycles. The minimum Gasteiger partial charge on any atom is -1.00 e. The van der Waals surface area contributed by atoms with Crippen molar-refractivity contribution < 1.29 is 33.3 Å². The van der Waals surface area contributed by atoms with Crippen LogP contribution in [0.2, 0.25) is 0 Å². The van der Waals surface area contributed by atoms with Crippen molar-refractivity contribution in [2.75, 3.05) is 33.2 Å². The molecule has 116 valence electrons. The van der Waals surface area contributed by atoms with Crippen molar-refractivity contribution in [2.45, 2.75) is 12.5 Å². The average molecular weight is 409 g/mol. The first-order chi connectivity index (χ1) is 10.1. The summed E-state index contributed by atoms with van der Waals surface area (Å²) in [6.07, 6.45) is 2.92. The molecule has 4 nitrogen and oxygen atoms in total. The Morgan fingerprint density at radius 3 is 3.05 bits per heavy atom. The molecule has 5 heteroatoms. The summed E-state index contributed by atoms with van der Waals surface area (Å²) in [7, 11) is 2.31. The van der Waals surface area contributed by atoms with Gasteiger partial charge in [0.1, 0.15) is 0 Å². The van der Waals surface area contributed by atoms with Gasteiger partial charge in [-0.15, -0.1) is 0 Å². The SMILES string of the molecule is C[N+]12CCC(C1)N(C(=O)c1ccc3ncccc3c1)CC2.[I-]. The number of aromatic nitrogens is 1. The highest BCUT2D eigenvalue weighted by molar-refractivity contribution is 5.98. The predicted octanol–water partition coefficient (Wildman–Crippen LogP) is -1.09. The second-order valence-corrected chi connectivity index (χ2v) is 6.60. The highest BCUT2D eigenvalue weighted by Crippen LogP contribution is 2.28. The van der Waals surface area contributed by atoms with Crippen LogP contribution in [0.4, 0.5) is 0 Å². The summed E-state index contributed by atoms with van der Waals surface area (Å²) in [5, 5.41) is 1.03. The number of halogens is 1. The van der Waals surface area contributed by atoms with Crippen LogP contribution in [-0.4, -0.2) is 59.5 Å². The van der Waals surface area contributed by atoms with E-state index in [1.807, 2.05) is 30.3 Å². The maximum Gasteiger partial charge on any atom is 0.254 e. The van der Waals surface area contributed by atoms with E-state index >= 15 is 0 Å². The van der Waals surface area contributed by atoms with Crippen LogP contribution < -0.4 is 24.0 Å². The number of quaternary nitrogens is 1. The lowest BCUT2D eigenvalue weighted by atomic mass is 10.1. The number of pyridine rings is 1. The molecule has 22 heavy (non-hydrogen) atoms. The lowest BCUT2D eigenvalue weighted by Crippen LogP contribution is -3.00. The molecule has 2 unspecified atom stereocenters. The highest BCUT2D eigenvalue weighted by atomic mass is 127.